The van der Waals surface area contributed by atoms with Crippen molar-refractivity contribution >= 4 is 24.7 Å². The number of ether oxygens (including phenoxy) is 2. The molecule has 1 fully saturated rings. The summed E-state index contributed by atoms with van der Waals surface area (Å²) in [5.74, 6) is 0.0767. The van der Waals surface area contributed by atoms with E-state index in [1.54, 1.807) is 20.8 Å². The van der Waals surface area contributed by atoms with Gasteiger partial charge in [0.1, 0.15) is 13.0 Å². The molecule has 4 unspecified atom stereocenters. The SMILES string of the molecule is CC1CC(COP(=O)(O)OCCSC(=O)C(C)(C)C)OC1n1ccc(=O)n(COCc2ccccc2)c1=O. The van der Waals surface area contributed by atoms with Crippen molar-refractivity contribution in [3.63, 3.8) is 0 Å². The maximum Gasteiger partial charge on any atom is 0.472 e. The highest BCUT2D eigenvalue weighted by Gasteiger charge is 2.36. The fraction of sp³-hybridized carbons (Fsp3) is 0.560. The second-order valence-electron chi connectivity index (χ2n) is 10.1. The van der Waals surface area contributed by atoms with E-state index in [2.05, 4.69) is 0 Å². The summed E-state index contributed by atoms with van der Waals surface area (Å²) in [6, 6.07) is 10.7. The van der Waals surface area contributed by atoms with Gasteiger partial charge in [0.25, 0.3) is 5.56 Å². The first-order valence-electron chi connectivity index (χ1n) is 12.3. The Morgan fingerprint density at radius 2 is 1.89 bits per heavy atom. The molecule has 1 aliphatic rings. The number of carbonyl (C=O) groups is 1. The van der Waals surface area contributed by atoms with Gasteiger partial charge in [0.05, 0.1) is 25.9 Å². The van der Waals surface area contributed by atoms with E-state index in [0.29, 0.717) is 6.42 Å². The molecule has 1 aromatic heterocycles. The third-order valence-electron chi connectivity index (χ3n) is 5.76. The summed E-state index contributed by atoms with van der Waals surface area (Å²) in [5, 5.41) is -0.0430. The van der Waals surface area contributed by atoms with E-state index in [9.17, 15) is 23.8 Å². The van der Waals surface area contributed by atoms with Gasteiger partial charge in [-0.05, 0) is 12.0 Å². The average molecular weight is 571 g/mol. The summed E-state index contributed by atoms with van der Waals surface area (Å²) in [6.45, 7) is 6.92. The molecule has 0 spiro atoms. The number of aromatic nitrogens is 2. The Bertz CT molecular complexity index is 1240. The predicted octanol–water partition coefficient (Wildman–Crippen LogP) is 3.55. The highest BCUT2D eigenvalue weighted by Crippen LogP contribution is 2.45. The smallest absolute Gasteiger partial charge is 0.356 e. The van der Waals surface area contributed by atoms with Crippen molar-refractivity contribution in [2.24, 2.45) is 11.3 Å². The maximum atomic E-state index is 13.0. The molecule has 0 saturated carbocycles. The van der Waals surface area contributed by atoms with Gasteiger partial charge in [0, 0.05) is 29.3 Å². The molecular formula is C25H35N2O9PS. The first-order chi connectivity index (χ1) is 17.9. The number of hydrogen-bond donors (Lipinski definition) is 1. The number of rotatable bonds is 12. The van der Waals surface area contributed by atoms with Crippen LogP contribution in [0.4, 0.5) is 0 Å². The largest absolute Gasteiger partial charge is 0.472 e. The van der Waals surface area contributed by atoms with Crippen LogP contribution in [-0.2, 0) is 41.2 Å². The maximum absolute atomic E-state index is 13.0. The fourth-order valence-electron chi connectivity index (χ4n) is 3.76. The van der Waals surface area contributed by atoms with Crippen molar-refractivity contribution in [2.75, 3.05) is 19.0 Å². The molecule has 0 aliphatic carbocycles. The molecule has 1 aromatic carbocycles. The summed E-state index contributed by atoms with van der Waals surface area (Å²) in [5.41, 5.74) is -0.676. The van der Waals surface area contributed by atoms with Crippen LogP contribution in [0.2, 0.25) is 0 Å². The van der Waals surface area contributed by atoms with Gasteiger partial charge in [-0.15, -0.1) is 0 Å². The van der Waals surface area contributed by atoms with Crippen molar-refractivity contribution in [1.82, 2.24) is 9.13 Å². The lowest BCUT2D eigenvalue weighted by molar-refractivity contribution is -0.117. The molecule has 2 heterocycles. The van der Waals surface area contributed by atoms with E-state index in [4.69, 9.17) is 18.5 Å². The molecule has 2 aromatic rings. The van der Waals surface area contributed by atoms with Crippen LogP contribution in [0.3, 0.4) is 0 Å². The van der Waals surface area contributed by atoms with Gasteiger partial charge in [-0.2, -0.15) is 0 Å². The quantitative estimate of drug-likeness (QED) is 0.298. The van der Waals surface area contributed by atoms with Crippen molar-refractivity contribution in [3.05, 3.63) is 69.0 Å². The first-order valence-corrected chi connectivity index (χ1v) is 14.7. The van der Waals surface area contributed by atoms with E-state index in [1.165, 1.54) is 16.8 Å². The number of hydrogen-bond acceptors (Lipinski definition) is 9. The molecule has 4 atom stereocenters. The van der Waals surface area contributed by atoms with Gasteiger partial charge in [-0.1, -0.05) is 69.8 Å². The Morgan fingerprint density at radius 1 is 1.18 bits per heavy atom. The molecule has 3 rings (SSSR count). The van der Waals surface area contributed by atoms with E-state index in [-0.39, 0.29) is 43.3 Å². The molecule has 210 valence electrons. The van der Waals surface area contributed by atoms with Crippen molar-refractivity contribution in [2.45, 2.75) is 59.8 Å². The number of phosphoric ester groups is 1. The summed E-state index contributed by atoms with van der Waals surface area (Å²) in [6.07, 6.45) is 0.559. The van der Waals surface area contributed by atoms with E-state index in [0.717, 1.165) is 21.9 Å². The van der Waals surface area contributed by atoms with Crippen LogP contribution in [0, 0.1) is 11.3 Å². The van der Waals surface area contributed by atoms with Crippen LogP contribution in [-0.4, -0.2) is 44.2 Å². The number of nitrogens with zero attached hydrogens (tertiary/aromatic N) is 2. The van der Waals surface area contributed by atoms with Gasteiger partial charge < -0.3 is 14.4 Å². The molecule has 1 N–H and O–H groups in total. The van der Waals surface area contributed by atoms with Crippen LogP contribution in [0.1, 0.15) is 45.9 Å². The lowest BCUT2D eigenvalue weighted by atomic mass is 10.00. The Kier molecular flexibility index (Phi) is 10.7. The van der Waals surface area contributed by atoms with E-state index < -0.39 is 36.8 Å². The third-order valence-corrected chi connectivity index (χ3v) is 7.99. The first kappa shape index (κ1) is 30.5. The number of phosphoric acid groups is 1. The Balaban J connectivity index is 1.52. The standard InChI is InChI=1S/C25H35N2O9PS/c1-18-14-20(16-35-37(31,32)34-12-13-38-23(29)25(2,3)4)36-22(18)26-11-10-21(28)27(24(26)30)17-33-15-19-8-6-5-7-9-19/h5-11,18,20,22H,12-17H2,1-4H3,(H,31,32). The minimum atomic E-state index is -4.35. The number of benzene rings is 1. The predicted molar refractivity (Wildman–Crippen MR) is 143 cm³/mol. The van der Waals surface area contributed by atoms with Gasteiger partial charge in [-0.3, -0.25) is 23.2 Å². The lowest BCUT2D eigenvalue weighted by Gasteiger charge is -2.20. The number of carbonyl (C=O) groups excluding carboxylic acids is 1. The van der Waals surface area contributed by atoms with Gasteiger partial charge in [0.15, 0.2) is 5.12 Å². The second-order valence-corrected chi connectivity index (χ2v) is 12.6. The number of thioether (sulfide) groups is 1. The minimum Gasteiger partial charge on any atom is -0.356 e. The zero-order valence-corrected chi connectivity index (χ0v) is 23.7. The van der Waals surface area contributed by atoms with Crippen LogP contribution in [0.25, 0.3) is 0 Å². The molecule has 0 amide bonds. The van der Waals surface area contributed by atoms with Crippen LogP contribution in [0.15, 0.2) is 52.2 Å². The molecule has 0 radical (unpaired) electrons. The average Bonchev–Trinajstić information content (AvgIpc) is 3.23. The minimum absolute atomic E-state index is 0.0430. The van der Waals surface area contributed by atoms with E-state index >= 15 is 0 Å². The molecule has 38 heavy (non-hydrogen) atoms. The normalized spacial score (nSPS) is 21.3. The zero-order valence-electron chi connectivity index (χ0n) is 22.0. The van der Waals surface area contributed by atoms with E-state index in [1.807, 2.05) is 37.3 Å². The molecular weight excluding hydrogens is 535 g/mol. The molecule has 13 heteroatoms. The highest BCUT2D eigenvalue weighted by atomic mass is 32.2. The van der Waals surface area contributed by atoms with Gasteiger partial charge in [0.2, 0.25) is 0 Å². The molecule has 0 bridgehead atoms. The van der Waals surface area contributed by atoms with Crippen molar-refractivity contribution in [1.29, 1.82) is 0 Å². The van der Waals surface area contributed by atoms with Crippen LogP contribution >= 0.6 is 19.6 Å². The summed E-state index contributed by atoms with van der Waals surface area (Å²) in [7, 11) is -4.35. The Labute approximate surface area is 225 Å². The summed E-state index contributed by atoms with van der Waals surface area (Å²) >= 11 is 1.03. The summed E-state index contributed by atoms with van der Waals surface area (Å²) < 4.78 is 36.1. The Hall–Kier alpha value is -2.05. The van der Waals surface area contributed by atoms with Gasteiger partial charge in [-0.25, -0.2) is 13.9 Å². The molecule has 1 aliphatic heterocycles. The lowest BCUT2D eigenvalue weighted by Crippen LogP contribution is -2.41. The van der Waals surface area contributed by atoms with Crippen molar-refractivity contribution in [3.8, 4) is 0 Å². The molecule has 1 saturated heterocycles. The fourth-order valence-corrected chi connectivity index (χ4v) is 5.42. The highest BCUT2D eigenvalue weighted by molar-refractivity contribution is 8.13. The monoisotopic (exact) mass is 570 g/mol. The molecule has 11 nitrogen and oxygen atoms in total. The van der Waals surface area contributed by atoms with Crippen LogP contribution in [0.5, 0.6) is 0 Å². The topological polar surface area (TPSA) is 135 Å². The zero-order chi connectivity index (χ0) is 27.9. The Morgan fingerprint density at radius 3 is 2.58 bits per heavy atom. The summed E-state index contributed by atoms with van der Waals surface area (Å²) in [4.78, 5) is 47.3. The second kappa shape index (κ2) is 13.3. The third kappa shape index (κ3) is 8.74. The van der Waals surface area contributed by atoms with Crippen LogP contribution < -0.4 is 11.2 Å². The van der Waals surface area contributed by atoms with Gasteiger partial charge >= 0.3 is 13.5 Å². The van der Waals surface area contributed by atoms with Crippen molar-refractivity contribution < 1.29 is 32.8 Å².